The first-order valence-electron chi connectivity index (χ1n) is 7.95. The van der Waals surface area contributed by atoms with E-state index in [0.717, 1.165) is 43.4 Å². The Morgan fingerprint density at radius 3 is 2.54 bits per heavy atom. The number of hydrogen-bond acceptors (Lipinski definition) is 6. The smallest absolute Gasteiger partial charge is 0.229 e. The van der Waals surface area contributed by atoms with Crippen molar-refractivity contribution in [2.45, 2.75) is 6.92 Å². The van der Waals surface area contributed by atoms with Crippen molar-refractivity contribution < 1.29 is 4.74 Å². The van der Waals surface area contributed by atoms with Gasteiger partial charge in [0.2, 0.25) is 5.95 Å². The normalized spacial score (nSPS) is 15.4. The molecule has 1 N–H and O–H groups in total. The molecule has 1 aliphatic heterocycles. The van der Waals surface area contributed by atoms with Crippen LogP contribution in [0.3, 0.4) is 0 Å². The number of piperazine rings is 1. The van der Waals surface area contributed by atoms with Crippen LogP contribution in [0.4, 0.5) is 17.5 Å². The molecule has 2 heterocycles. The first-order valence-corrected chi connectivity index (χ1v) is 8.32. The second-order valence-electron chi connectivity index (χ2n) is 5.96. The van der Waals surface area contributed by atoms with E-state index in [0.29, 0.717) is 16.7 Å². The molecule has 0 spiro atoms. The van der Waals surface area contributed by atoms with Gasteiger partial charge in [0.1, 0.15) is 11.6 Å². The van der Waals surface area contributed by atoms with Crippen molar-refractivity contribution in [3.05, 3.63) is 35.0 Å². The Balaban J connectivity index is 1.80. The molecule has 0 aliphatic carbocycles. The van der Waals surface area contributed by atoms with Gasteiger partial charge in [-0.1, -0.05) is 11.6 Å². The number of anilines is 3. The van der Waals surface area contributed by atoms with Crippen LogP contribution in [0.5, 0.6) is 5.75 Å². The van der Waals surface area contributed by atoms with Crippen LogP contribution >= 0.6 is 11.6 Å². The Bertz CT molecular complexity index is 716. The quantitative estimate of drug-likeness (QED) is 0.917. The summed E-state index contributed by atoms with van der Waals surface area (Å²) in [5.74, 6) is 2.17. The van der Waals surface area contributed by atoms with Gasteiger partial charge in [-0.2, -0.15) is 4.98 Å². The third-order valence-electron chi connectivity index (χ3n) is 4.08. The van der Waals surface area contributed by atoms with E-state index in [2.05, 4.69) is 32.1 Å². The van der Waals surface area contributed by atoms with E-state index in [4.69, 9.17) is 16.3 Å². The molecule has 2 aromatic rings. The third kappa shape index (κ3) is 3.88. The summed E-state index contributed by atoms with van der Waals surface area (Å²) in [4.78, 5) is 13.8. The van der Waals surface area contributed by atoms with E-state index in [-0.39, 0.29) is 0 Å². The number of rotatable bonds is 4. The predicted molar refractivity (Wildman–Crippen MR) is 97.8 cm³/mol. The van der Waals surface area contributed by atoms with Crippen LogP contribution in [0.15, 0.2) is 24.3 Å². The Morgan fingerprint density at radius 1 is 1.12 bits per heavy atom. The van der Waals surface area contributed by atoms with E-state index in [1.165, 1.54) is 0 Å². The first kappa shape index (κ1) is 16.8. The van der Waals surface area contributed by atoms with Gasteiger partial charge in [0.05, 0.1) is 12.1 Å². The number of likely N-dealkylation sites (N-methyl/N-ethyl adjacent to an activating group) is 1. The third-order valence-corrected chi connectivity index (χ3v) is 4.37. The van der Waals surface area contributed by atoms with E-state index >= 15 is 0 Å². The maximum Gasteiger partial charge on any atom is 0.229 e. The summed E-state index contributed by atoms with van der Waals surface area (Å²) in [6.07, 6.45) is 0. The summed E-state index contributed by atoms with van der Waals surface area (Å²) < 4.78 is 5.17. The minimum Gasteiger partial charge on any atom is -0.495 e. The molecular weight excluding hydrogens is 326 g/mol. The van der Waals surface area contributed by atoms with Gasteiger partial charge >= 0.3 is 0 Å². The molecule has 0 atom stereocenters. The van der Waals surface area contributed by atoms with Crippen LogP contribution < -0.4 is 15.0 Å². The maximum absolute atomic E-state index is 6.18. The number of halogens is 1. The van der Waals surface area contributed by atoms with E-state index in [1.807, 2.05) is 31.2 Å². The minimum absolute atomic E-state index is 0.550. The lowest BCUT2D eigenvalue weighted by molar-refractivity contribution is 0.312. The van der Waals surface area contributed by atoms with Gasteiger partial charge in [0.25, 0.3) is 0 Å². The van der Waals surface area contributed by atoms with Crippen LogP contribution in [0.1, 0.15) is 5.69 Å². The summed E-state index contributed by atoms with van der Waals surface area (Å²) in [7, 11) is 3.74. The van der Waals surface area contributed by atoms with Crippen LogP contribution in [-0.4, -0.2) is 55.2 Å². The molecule has 6 nitrogen and oxygen atoms in total. The Labute approximate surface area is 147 Å². The fourth-order valence-electron chi connectivity index (χ4n) is 2.68. The fraction of sp³-hybridized carbons (Fsp3) is 0.412. The van der Waals surface area contributed by atoms with Gasteiger partial charge in [-0.15, -0.1) is 0 Å². The molecule has 0 amide bonds. The number of ether oxygens (including phenoxy) is 1. The predicted octanol–water partition coefficient (Wildman–Crippen LogP) is 2.94. The summed E-state index contributed by atoms with van der Waals surface area (Å²) in [6.45, 7) is 6.01. The van der Waals surface area contributed by atoms with Crippen molar-refractivity contribution in [3.8, 4) is 5.75 Å². The van der Waals surface area contributed by atoms with Crippen molar-refractivity contribution in [3.63, 3.8) is 0 Å². The number of aryl methyl sites for hydroxylation is 1. The Kier molecular flexibility index (Phi) is 5.06. The minimum atomic E-state index is 0.550. The second-order valence-corrected chi connectivity index (χ2v) is 6.36. The highest BCUT2D eigenvalue weighted by atomic mass is 35.5. The lowest BCUT2D eigenvalue weighted by Gasteiger charge is -2.33. The zero-order chi connectivity index (χ0) is 17.1. The molecule has 0 saturated carbocycles. The number of methoxy groups -OCH3 is 1. The SMILES string of the molecule is COc1ccc(Nc2nc(C)cc(N3CCN(C)CC3)n2)cc1Cl. The largest absolute Gasteiger partial charge is 0.495 e. The van der Waals surface area contributed by atoms with Crippen molar-refractivity contribution >= 4 is 29.1 Å². The van der Waals surface area contributed by atoms with Gasteiger partial charge < -0.3 is 19.9 Å². The number of benzene rings is 1. The zero-order valence-corrected chi connectivity index (χ0v) is 15.0. The summed E-state index contributed by atoms with van der Waals surface area (Å²) >= 11 is 6.18. The number of aromatic nitrogens is 2. The topological polar surface area (TPSA) is 53.5 Å². The highest BCUT2D eigenvalue weighted by molar-refractivity contribution is 6.32. The summed E-state index contributed by atoms with van der Waals surface area (Å²) in [5, 5.41) is 3.78. The molecule has 7 heteroatoms. The summed E-state index contributed by atoms with van der Waals surface area (Å²) in [6, 6.07) is 7.55. The Morgan fingerprint density at radius 2 is 1.88 bits per heavy atom. The van der Waals surface area contributed by atoms with Gasteiger partial charge in [0, 0.05) is 43.6 Å². The molecule has 0 radical (unpaired) electrons. The van der Waals surface area contributed by atoms with Crippen molar-refractivity contribution in [1.29, 1.82) is 0 Å². The number of hydrogen-bond donors (Lipinski definition) is 1. The van der Waals surface area contributed by atoms with Crippen LogP contribution in [0.25, 0.3) is 0 Å². The second kappa shape index (κ2) is 7.23. The summed E-state index contributed by atoms with van der Waals surface area (Å²) in [5.41, 5.74) is 1.76. The molecular formula is C17H22ClN5O. The first-order chi connectivity index (χ1) is 11.5. The zero-order valence-electron chi connectivity index (χ0n) is 14.2. The highest BCUT2D eigenvalue weighted by Crippen LogP contribution is 2.28. The monoisotopic (exact) mass is 347 g/mol. The van der Waals surface area contributed by atoms with Gasteiger partial charge in [-0.3, -0.25) is 0 Å². The van der Waals surface area contributed by atoms with E-state index in [9.17, 15) is 0 Å². The molecule has 1 aromatic carbocycles. The lowest BCUT2D eigenvalue weighted by Crippen LogP contribution is -2.44. The maximum atomic E-state index is 6.18. The molecule has 1 aromatic heterocycles. The van der Waals surface area contributed by atoms with Crippen molar-refractivity contribution in [2.24, 2.45) is 0 Å². The number of nitrogens with zero attached hydrogens (tertiary/aromatic N) is 4. The molecule has 3 rings (SSSR count). The van der Waals surface area contributed by atoms with E-state index < -0.39 is 0 Å². The molecule has 0 unspecified atom stereocenters. The van der Waals surface area contributed by atoms with Crippen LogP contribution in [0.2, 0.25) is 5.02 Å². The molecule has 128 valence electrons. The fourth-order valence-corrected chi connectivity index (χ4v) is 2.94. The molecule has 24 heavy (non-hydrogen) atoms. The highest BCUT2D eigenvalue weighted by Gasteiger charge is 2.16. The van der Waals surface area contributed by atoms with Crippen LogP contribution in [0, 0.1) is 6.92 Å². The molecule has 1 aliphatic rings. The van der Waals surface area contributed by atoms with Crippen molar-refractivity contribution in [1.82, 2.24) is 14.9 Å². The Hall–Kier alpha value is -2.05. The molecule has 1 saturated heterocycles. The average Bonchev–Trinajstić information content (AvgIpc) is 2.55. The average molecular weight is 348 g/mol. The standard InChI is InChI=1S/C17H22ClN5O/c1-12-10-16(23-8-6-22(2)7-9-23)21-17(19-12)20-13-4-5-15(24-3)14(18)11-13/h4-5,10-11H,6-9H2,1-3H3,(H,19,20,21). The molecule has 0 bridgehead atoms. The van der Waals surface area contributed by atoms with Gasteiger partial charge in [-0.05, 0) is 32.2 Å². The van der Waals surface area contributed by atoms with Gasteiger partial charge in [-0.25, -0.2) is 4.98 Å². The van der Waals surface area contributed by atoms with Crippen LogP contribution in [-0.2, 0) is 0 Å². The number of nitrogens with one attached hydrogen (secondary N) is 1. The molecule has 1 fully saturated rings. The lowest BCUT2D eigenvalue weighted by atomic mass is 10.3. The van der Waals surface area contributed by atoms with Crippen molar-refractivity contribution in [2.75, 3.05) is 50.6 Å². The van der Waals surface area contributed by atoms with Gasteiger partial charge in [0.15, 0.2) is 0 Å². The van der Waals surface area contributed by atoms with E-state index in [1.54, 1.807) is 7.11 Å².